The van der Waals surface area contributed by atoms with Gasteiger partial charge in [0.05, 0.1) is 11.1 Å². The smallest absolute Gasteiger partial charge is 0.409 e. The van der Waals surface area contributed by atoms with Crippen LogP contribution in [-0.4, -0.2) is 26.9 Å². The SMILES string of the molecule is NC(=NO)c1cc(C(F)(F)F)cc(-c2ccc3[nH]ccc3c2)c1-c1cc(F)cc(F)c1.NC(=O)c1cc(C(F)(F)F)cc(-c2ccc3[nH]ccc3c2)c1-c1cc(F)cc(F)c1. The zero-order valence-corrected chi connectivity index (χ0v) is 30.8. The molecule has 0 fully saturated rings. The van der Waals surface area contributed by atoms with E-state index in [9.17, 15) is 48.7 Å². The van der Waals surface area contributed by atoms with Gasteiger partial charge in [0.25, 0.3) is 0 Å². The Morgan fingerprint density at radius 2 is 0.902 bits per heavy atom. The minimum atomic E-state index is -4.76. The zero-order valence-electron chi connectivity index (χ0n) is 30.8. The number of carbonyl (C=O) groups excluding carboxylic acids is 1. The van der Waals surface area contributed by atoms with E-state index in [-0.39, 0.29) is 38.9 Å². The van der Waals surface area contributed by atoms with Gasteiger partial charge in [0.1, 0.15) is 23.3 Å². The van der Waals surface area contributed by atoms with Gasteiger partial charge in [-0.1, -0.05) is 17.3 Å². The molecule has 0 bridgehead atoms. The van der Waals surface area contributed by atoms with E-state index in [2.05, 4.69) is 15.1 Å². The van der Waals surface area contributed by atoms with Gasteiger partial charge in [-0.2, -0.15) is 26.3 Å². The van der Waals surface area contributed by atoms with Crippen molar-refractivity contribution in [1.29, 1.82) is 0 Å². The second-order valence-corrected chi connectivity index (χ2v) is 13.6. The van der Waals surface area contributed by atoms with E-state index in [4.69, 9.17) is 16.7 Å². The largest absolute Gasteiger partial charge is 0.416 e. The van der Waals surface area contributed by atoms with Gasteiger partial charge in [-0.15, -0.1) is 0 Å². The standard InChI is InChI=1S/C22H14F5N3O.C22H13F5N2O/c23-15-6-13(7-16(24)10-15)20-17(11-1-2-19-12(5-11)3-4-29-19)8-14(22(25,26)27)9-18(20)21(28)30-31;23-15-6-13(7-16(24)10-15)20-17(11-1-2-19-12(5-11)3-4-29-19)8-14(22(25,26)27)9-18(20)21(28)30/h1-10,29,31H,(H2,28,30);1-10,29H,(H2,28,30). The number of nitrogens with one attached hydrogen (secondary N) is 2. The van der Waals surface area contributed by atoms with Crippen molar-refractivity contribution in [3.8, 4) is 44.5 Å². The van der Waals surface area contributed by atoms with E-state index in [0.29, 0.717) is 40.8 Å². The topological polar surface area (TPSA) is 133 Å². The number of carbonyl (C=O) groups is 1. The number of amides is 1. The summed E-state index contributed by atoms with van der Waals surface area (Å²) < 4.78 is 137. The number of hydrogen-bond acceptors (Lipinski definition) is 3. The molecule has 8 rings (SSSR count). The van der Waals surface area contributed by atoms with E-state index in [1.165, 1.54) is 0 Å². The summed E-state index contributed by atoms with van der Waals surface area (Å²) in [7, 11) is 0. The van der Waals surface area contributed by atoms with Crippen LogP contribution >= 0.6 is 0 Å². The Bertz CT molecular complexity index is 2980. The fourth-order valence-corrected chi connectivity index (χ4v) is 6.98. The number of H-pyrrole nitrogens is 2. The van der Waals surface area contributed by atoms with E-state index in [1.807, 2.05) is 0 Å². The second kappa shape index (κ2) is 15.9. The molecule has 7 nitrogen and oxygen atoms in total. The van der Waals surface area contributed by atoms with Crippen LogP contribution in [0, 0.1) is 23.3 Å². The van der Waals surface area contributed by atoms with Crippen molar-refractivity contribution in [3.63, 3.8) is 0 Å². The molecule has 7 N–H and O–H groups in total. The summed E-state index contributed by atoms with van der Waals surface area (Å²) in [6.45, 7) is 0. The predicted molar refractivity (Wildman–Crippen MR) is 209 cm³/mol. The summed E-state index contributed by atoms with van der Waals surface area (Å²) in [5.74, 6) is -5.50. The Morgan fingerprint density at radius 1 is 0.508 bits per heavy atom. The van der Waals surface area contributed by atoms with Gasteiger partial charge < -0.3 is 26.6 Å². The van der Waals surface area contributed by atoms with Gasteiger partial charge in [0.2, 0.25) is 5.91 Å². The van der Waals surface area contributed by atoms with Gasteiger partial charge in [0, 0.05) is 57.8 Å². The number of nitrogens with zero attached hydrogens (tertiary/aromatic N) is 1. The van der Waals surface area contributed by atoms with E-state index in [0.717, 1.165) is 52.8 Å². The molecule has 0 aliphatic carbocycles. The van der Waals surface area contributed by atoms with Gasteiger partial charge in [0.15, 0.2) is 5.84 Å². The van der Waals surface area contributed by atoms with E-state index in [1.54, 1.807) is 60.9 Å². The first-order valence-corrected chi connectivity index (χ1v) is 17.7. The number of primary amides is 1. The molecule has 1 amide bonds. The number of amidine groups is 1. The molecule has 61 heavy (non-hydrogen) atoms. The Kier molecular flexibility index (Phi) is 10.8. The predicted octanol–water partition coefficient (Wildman–Crippen LogP) is 11.8. The molecular weight excluding hydrogens is 820 g/mol. The average Bonchev–Trinajstić information content (AvgIpc) is 3.87. The van der Waals surface area contributed by atoms with Crippen LogP contribution < -0.4 is 11.5 Å². The molecule has 17 heteroatoms. The molecule has 8 aromatic rings. The van der Waals surface area contributed by atoms with Gasteiger partial charge in [-0.05, 0) is 129 Å². The van der Waals surface area contributed by atoms with Crippen molar-refractivity contribution in [2.45, 2.75) is 12.4 Å². The third-order valence-corrected chi connectivity index (χ3v) is 9.61. The number of benzene rings is 6. The first kappa shape index (κ1) is 41.6. The van der Waals surface area contributed by atoms with Crippen molar-refractivity contribution in [2.24, 2.45) is 16.6 Å². The lowest BCUT2D eigenvalue weighted by Crippen LogP contribution is -2.17. The summed E-state index contributed by atoms with van der Waals surface area (Å²) in [5.41, 5.74) is 10.0. The highest BCUT2D eigenvalue weighted by Gasteiger charge is 2.35. The third-order valence-electron chi connectivity index (χ3n) is 9.61. The zero-order chi connectivity index (χ0) is 44.0. The maximum Gasteiger partial charge on any atom is 0.416 e. The molecule has 2 aromatic heterocycles. The fourth-order valence-electron chi connectivity index (χ4n) is 6.98. The number of fused-ring (bicyclic) bond motifs is 2. The lowest BCUT2D eigenvalue weighted by Gasteiger charge is -2.19. The molecule has 0 spiro atoms. The number of aromatic nitrogens is 2. The second-order valence-electron chi connectivity index (χ2n) is 13.6. The molecule has 0 saturated carbocycles. The lowest BCUT2D eigenvalue weighted by molar-refractivity contribution is -0.138. The summed E-state index contributed by atoms with van der Waals surface area (Å²) in [6.07, 6.45) is -6.17. The molecule has 0 saturated heterocycles. The number of rotatable bonds is 6. The molecule has 0 unspecified atom stereocenters. The molecule has 0 aliphatic heterocycles. The maximum absolute atomic E-state index is 14.0. The maximum atomic E-state index is 14.0. The number of alkyl halides is 6. The Balaban J connectivity index is 0.000000184. The first-order chi connectivity index (χ1) is 28.8. The normalized spacial score (nSPS) is 12.1. The van der Waals surface area contributed by atoms with Crippen LogP contribution in [0.2, 0.25) is 0 Å². The third kappa shape index (κ3) is 8.62. The van der Waals surface area contributed by atoms with Crippen LogP contribution in [0.3, 0.4) is 0 Å². The van der Waals surface area contributed by atoms with Gasteiger partial charge >= 0.3 is 12.4 Å². The van der Waals surface area contributed by atoms with Crippen molar-refractivity contribution in [3.05, 3.63) is 167 Å². The minimum absolute atomic E-state index is 0.00316. The summed E-state index contributed by atoms with van der Waals surface area (Å²) in [4.78, 5) is 18.0. The van der Waals surface area contributed by atoms with Gasteiger partial charge in [-0.3, -0.25) is 4.79 Å². The first-order valence-electron chi connectivity index (χ1n) is 17.7. The molecule has 0 radical (unpaired) electrons. The van der Waals surface area contributed by atoms with Crippen LogP contribution in [-0.2, 0) is 12.4 Å². The summed E-state index contributed by atoms with van der Waals surface area (Å²) >= 11 is 0. The molecular formula is C44H27F10N5O2. The molecule has 310 valence electrons. The quantitative estimate of drug-likeness (QED) is 0.0375. The Morgan fingerprint density at radius 3 is 1.28 bits per heavy atom. The fraction of sp³-hybridized carbons (Fsp3) is 0.0455. The summed E-state index contributed by atoms with van der Waals surface area (Å²) in [6, 6.07) is 21.3. The van der Waals surface area contributed by atoms with Crippen molar-refractivity contribution in [1.82, 2.24) is 9.97 Å². The number of oxime groups is 1. The number of hydrogen-bond donors (Lipinski definition) is 5. The highest BCUT2D eigenvalue weighted by Crippen LogP contribution is 2.43. The Labute approximate surface area is 337 Å². The van der Waals surface area contributed by atoms with Crippen molar-refractivity contribution in [2.75, 3.05) is 0 Å². The highest BCUT2D eigenvalue weighted by atomic mass is 19.4. The van der Waals surface area contributed by atoms with Gasteiger partial charge in [-0.25, -0.2) is 17.6 Å². The van der Waals surface area contributed by atoms with Crippen LogP contribution in [0.5, 0.6) is 0 Å². The van der Waals surface area contributed by atoms with Crippen LogP contribution in [0.4, 0.5) is 43.9 Å². The van der Waals surface area contributed by atoms with Crippen LogP contribution in [0.1, 0.15) is 27.0 Å². The van der Waals surface area contributed by atoms with Crippen LogP contribution in [0.25, 0.3) is 66.3 Å². The number of halogens is 10. The molecule has 6 aromatic carbocycles. The lowest BCUT2D eigenvalue weighted by atomic mass is 9.87. The molecule has 0 atom stereocenters. The number of nitrogens with two attached hydrogens (primary N) is 2. The average molecular weight is 848 g/mol. The van der Waals surface area contributed by atoms with Crippen LogP contribution in [0.15, 0.2) is 127 Å². The van der Waals surface area contributed by atoms with E-state index >= 15 is 0 Å². The molecule has 2 heterocycles. The monoisotopic (exact) mass is 847 g/mol. The van der Waals surface area contributed by atoms with E-state index < -0.39 is 64.1 Å². The van der Waals surface area contributed by atoms with Crippen molar-refractivity contribution >= 4 is 33.5 Å². The van der Waals surface area contributed by atoms with Crippen molar-refractivity contribution < 1.29 is 53.9 Å². The highest BCUT2D eigenvalue weighted by molar-refractivity contribution is 6.08. The Hall–Kier alpha value is -7.56. The minimum Gasteiger partial charge on any atom is -0.409 e. The number of aromatic amines is 2. The summed E-state index contributed by atoms with van der Waals surface area (Å²) in [5, 5.41) is 13.4. The molecule has 0 aliphatic rings.